The fraction of sp³-hybridized carbons (Fsp3) is 0.625. The molecule has 0 aliphatic heterocycles. The molecular formula is C24H31ClN2O. The molecule has 5 rings (SSSR count). The van der Waals surface area contributed by atoms with Crippen molar-refractivity contribution in [3.8, 4) is 0 Å². The molecule has 28 heavy (non-hydrogen) atoms. The third-order valence-electron chi connectivity index (χ3n) is 7.74. The molecule has 1 aromatic heterocycles. The molecule has 4 heteroatoms. The Labute approximate surface area is 172 Å². The average molecular weight is 399 g/mol. The fourth-order valence-electron chi connectivity index (χ4n) is 6.28. The third kappa shape index (κ3) is 3.16. The smallest absolute Gasteiger partial charge is 0.240 e. The second kappa shape index (κ2) is 7.40. The zero-order valence-electron chi connectivity index (χ0n) is 16.8. The number of rotatable bonds is 3. The van der Waals surface area contributed by atoms with Gasteiger partial charge in [-0.25, -0.2) is 0 Å². The molecule has 1 amide bonds. The van der Waals surface area contributed by atoms with Crippen molar-refractivity contribution in [3.05, 3.63) is 34.5 Å². The van der Waals surface area contributed by atoms with E-state index in [2.05, 4.69) is 28.9 Å². The lowest BCUT2D eigenvalue weighted by atomic mass is 9.64. The highest BCUT2D eigenvalue weighted by atomic mass is 35.5. The van der Waals surface area contributed by atoms with E-state index in [4.69, 9.17) is 11.6 Å². The first-order valence-electron chi connectivity index (χ1n) is 11.2. The summed E-state index contributed by atoms with van der Waals surface area (Å²) in [5.41, 5.74) is 4.09. The molecule has 3 unspecified atom stereocenters. The number of nitrogens with one attached hydrogen (secondary N) is 1. The molecule has 2 saturated carbocycles. The number of fused-ring (bicyclic) bond motifs is 6. The van der Waals surface area contributed by atoms with Gasteiger partial charge in [-0.3, -0.25) is 4.79 Å². The van der Waals surface area contributed by atoms with Crippen molar-refractivity contribution < 1.29 is 4.79 Å². The second-order valence-corrected chi connectivity index (χ2v) is 9.81. The Bertz CT molecular complexity index is 896. The fourth-order valence-corrected chi connectivity index (χ4v) is 6.45. The molecule has 0 spiro atoms. The van der Waals surface area contributed by atoms with Gasteiger partial charge < -0.3 is 9.88 Å². The van der Waals surface area contributed by atoms with Gasteiger partial charge in [0.2, 0.25) is 5.91 Å². The summed E-state index contributed by atoms with van der Waals surface area (Å²) in [6, 6.07) is 6.60. The van der Waals surface area contributed by atoms with Crippen molar-refractivity contribution in [3.63, 3.8) is 0 Å². The van der Waals surface area contributed by atoms with Crippen LogP contribution in [0.3, 0.4) is 0 Å². The highest BCUT2D eigenvalue weighted by molar-refractivity contribution is 6.31. The van der Waals surface area contributed by atoms with Crippen LogP contribution in [0.1, 0.15) is 75.5 Å². The maximum absolute atomic E-state index is 12.9. The Balaban J connectivity index is 1.52. The normalized spacial score (nSPS) is 27.6. The van der Waals surface area contributed by atoms with Gasteiger partial charge in [0, 0.05) is 27.7 Å². The standard InChI is InChI=1S/C24H31ClN2O/c1-15-16-6-5-9-19(15)24-20-13-17(25)10-11-21(20)27(22(24)12-16)14-23(28)26-18-7-3-2-4-8-18/h10-11,13,15-16,18-19H,2-9,12,14H2,1H3,(H,26,28). The predicted octanol–water partition coefficient (Wildman–Crippen LogP) is 5.82. The molecule has 1 N–H and O–H groups in total. The van der Waals surface area contributed by atoms with E-state index >= 15 is 0 Å². The average Bonchev–Trinajstić information content (AvgIpc) is 2.95. The van der Waals surface area contributed by atoms with E-state index < -0.39 is 0 Å². The molecule has 0 radical (unpaired) electrons. The van der Waals surface area contributed by atoms with Crippen molar-refractivity contribution in [2.75, 3.05) is 0 Å². The number of aromatic nitrogens is 1. The van der Waals surface area contributed by atoms with Gasteiger partial charge in [-0.15, -0.1) is 0 Å². The maximum atomic E-state index is 12.9. The number of nitrogens with zero attached hydrogens (tertiary/aromatic N) is 1. The van der Waals surface area contributed by atoms with Gasteiger partial charge >= 0.3 is 0 Å². The van der Waals surface area contributed by atoms with Crippen LogP contribution in [0.15, 0.2) is 18.2 Å². The minimum atomic E-state index is 0.172. The van der Waals surface area contributed by atoms with Crippen LogP contribution in [0.4, 0.5) is 0 Å². The van der Waals surface area contributed by atoms with Crippen molar-refractivity contribution in [1.82, 2.24) is 9.88 Å². The maximum Gasteiger partial charge on any atom is 0.240 e. The van der Waals surface area contributed by atoms with Gasteiger partial charge in [0.15, 0.2) is 0 Å². The SMILES string of the molecule is CC1C2CCCC1c1c(n(CC(=O)NC3CCCCC3)c3ccc(Cl)cc13)C2. The Morgan fingerprint density at radius 1 is 1.14 bits per heavy atom. The van der Waals surface area contributed by atoms with Gasteiger partial charge in [0.25, 0.3) is 0 Å². The summed E-state index contributed by atoms with van der Waals surface area (Å²) in [5, 5.41) is 5.39. The number of halogens is 1. The monoisotopic (exact) mass is 398 g/mol. The first kappa shape index (κ1) is 18.5. The molecule has 3 aliphatic carbocycles. The first-order chi connectivity index (χ1) is 13.6. The summed E-state index contributed by atoms with van der Waals surface area (Å²) in [6.45, 7) is 2.87. The number of amides is 1. The minimum absolute atomic E-state index is 0.172. The molecule has 150 valence electrons. The molecule has 0 saturated heterocycles. The van der Waals surface area contributed by atoms with E-state index in [-0.39, 0.29) is 5.91 Å². The number of carbonyl (C=O) groups excluding carboxylic acids is 1. The Morgan fingerprint density at radius 2 is 1.96 bits per heavy atom. The van der Waals surface area contributed by atoms with E-state index in [0.717, 1.165) is 36.1 Å². The largest absolute Gasteiger partial charge is 0.352 e. The van der Waals surface area contributed by atoms with Crippen LogP contribution in [0.2, 0.25) is 5.02 Å². The van der Waals surface area contributed by atoms with Gasteiger partial charge in [-0.2, -0.15) is 0 Å². The summed E-state index contributed by atoms with van der Waals surface area (Å²) >= 11 is 6.39. The first-order valence-corrected chi connectivity index (χ1v) is 11.6. The lowest BCUT2D eigenvalue weighted by Crippen LogP contribution is -2.39. The van der Waals surface area contributed by atoms with E-state index in [1.54, 1.807) is 0 Å². The molecule has 3 aliphatic rings. The van der Waals surface area contributed by atoms with Gasteiger partial charge in [0.05, 0.1) is 0 Å². The molecular weight excluding hydrogens is 368 g/mol. The van der Waals surface area contributed by atoms with Gasteiger partial charge in [-0.05, 0) is 73.6 Å². The number of benzene rings is 1. The minimum Gasteiger partial charge on any atom is -0.352 e. The summed E-state index contributed by atoms with van der Waals surface area (Å²) in [5.74, 6) is 2.28. The Kier molecular flexibility index (Phi) is 4.90. The van der Waals surface area contributed by atoms with E-state index in [1.165, 1.54) is 60.7 Å². The van der Waals surface area contributed by atoms with Crippen LogP contribution < -0.4 is 5.32 Å². The van der Waals surface area contributed by atoms with E-state index in [1.807, 2.05) is 6.07 Å². The zero-order valence-corrected chi connectivity index (χ0v) is 17.6. The van der Waals surface area contributed by atoms with E-state index in [0.29, 0.717) is 18.5 Å². The van der Waals surface area contributed by atoms with Gasteiger partial charge in [0.1, 0.15) is 6.54 Å². The van der Waals surface area contributed by atoms with Crippen LogP contribution in [0.5, 0.6) is 0 Å². The van der Waals surface area contributed by atoms with Crippen molar-refractivity contribution >= 4 is 28.4 Å². The van der Waals surface area contributed by atoms with Crippen molar-refractivity contribution in [1.29, 1.82) is 0 Å². The number of hydrogen-bond acceptors (Lipinski definition) is 1. The summed E-state index contributed by atoms with van der Waals surface area (Å²) in [4.78, 5) is 12.9. The van der Waals surface area contributed by atoms with Crippen LogP contribution >= 0.6 is 11.6 Å². The quantitative estimate of drug-likeness (QED) is 0.694. The summed E-state index contributed by atoms with van der Waals surface area (Å²) in [6.07, 6.45) is 11.1. The molecule has 2 fully saturated rings. The zero-order chi connectivity index (χ0) is 19.3. The lowest BCUT2D eigenvalue weighted by Gasteiger charge is -2.41. The third-order valence-corrected chi connectivity index (χ3v) is 7.98. The highest BCUT2D eigenvalue weighted by Gasteiger charge is 2.40. The second-order valence-electron chi connectivity index (χ2n) is 9.37. The Morgan fingerprint density at radius 3 is 2.79 bits per heavy atom. The highest BCUT2D eigenvalue weighted by Crippen LogP contribution is 2.51. The summed E-state index contributed by atoms with van der Waals surface area (Å²) < 4.78 is 2.32. The van der Waals surface area contributed by atoms with Crippen LogP contribution in [-0.4, -0.2) is 16.5 Å². The van der Waals surface area contributed by atoms with Crippen molar-refractivity contribution in [2.45, 2.75) is 83.2 Å². The predicted molar refractivity (Wildman–Crippen MR) is 115 cm³/mol. The number of hydrogen-bond donors (Lipinski definition) is 1. The molecule has 1 heterocycles. The lowest BCUT2D eigenvalue weighted by molar-refractivity contribution is -0.122. The summed E-state index contributed by atoms with van der Waals surface area (Å²) in [7, 11) is 0. The topological polar surface area (TPSA) is 34.0 Å². The molecule has 3 atom stereocenters. The van der Waals surface area contributed by atoms with Crippen LogP contribution in [0, 0.1) is 11.8 Å². The Hall–Kier alpha value is -1.48. The van der Waals surface area contributed by atoms with Gasteiger partial charge in [-0.1, -0.05) is 44.2 Å². The molecule has 3 nitrogen and oxygen atoms in total. The van der Waals surface area contributed by atoms with Crippen molar-refractivity contribution in [2.24, 2.45) is 11.8 Å². The molecule has 1 aromatic carbocycles. The van der Waals surface area contributed by atoms with E-state index in [9.17, 15) is 4.79 Å². The van der Waals surface area contributed by atoms with Crippen LogP contribution in [0.25, 0.3) is 10.9 Å². The number of carbonyl (C=O) groups is 1. The molecule has 2 bridgehead atoms. The van der Waals surface area contributed by atoms with Crippen LogP contribution in [-0.2, 0) is 17.8 Å². The molecule has 2 aromatic rings.